The molecule has 0 unspecified atom stereocenters. The lowest BCUT2D eigenvalue weighted by Gasteiger charge is -2.23. The van der Waals surface area contributed by atoms with Crippen LogP contribution in [-0.4, -0.2) is 24.6 Å². The maximum absolute atomic E-state index is 4.28. The number of unbranched alkanes of at least 4 members (excludes halogenated alkanes) is 1. The Morgan fingerprint density at radius 1 is 1.25 bits per heavy atom. The first kappa shape index (κ1) is 12.8. The van der Waals surface area contributed by atoms with Crippen LogP contribution < -0.4 is 10.2 Å². The summed E-state index contributed by atoms with van der Waals surface area (Å²) < 4.78 is 0. The first-order valence-corrected chi connectivity index (χ1v) is 6.25. The molecular formula is C13H23N3. The lowest BCUT2D eigenvalue weighted by Crippen LogP contribution is -2.24. The summed E-state index contributed by atoms with van der Waals surface area (Å²) in [4.78, 5) is 6.65. The maximum atomic E-state index is 4.28. The van der Waals surface area contributed by atoms with Gasteiger partial charge in [-0.1, -0.05) is 13.3 Å². The summed E-state index contributed by atoms with van der Waals surface area (Å²) in [6, 6.07) is 2.18. The molecule has 1 N–H and O–H groups in total. The fourth-order valence-corrected chi connectivity index (χ4v) is 1.72. The molecule has 1 rings (SSSR count). The van der Waals surface area contributed by atoms with Crippen molar-refractivity contribution >= 4 is 11.4 Å². The number of rotatable bonds is 7. The molecule has 0 saturated heterocycles. The number of anilines is 2. The van der Waals surface area contributed by atoms with Crippen molar-refractivity contribution in [3.05, 3.63) is 18.5 Å². The topological polar surface area (TPSA) is 28.2 Å². The van der Waals surface area contributed by atoms with Crippen molar-refractivity contribution in [3.63, 3.8) is 0 Å². The second-order valence-corrected chi connectivity index (χ2v) is 3.90. The first-order chi connectivity index (χ1) is 7.81. The number of aromatic nitrogens is 1. The van der Waals surface area contributed by atoms with Crippen LogP contribution in [-0.2, 0) is 0 Å². The molecule has 0 radical (unpaired) electrons. The first-order valence-electron chi connectivity index (χ1n) is 6.25. The molecule has 0 aromatic carbocycles. The van der Waals surface area contributed by atoms with Gasteiger partial charge in [-0.15, -0.1) is 0 Å². The summed E-state index contributed by atoms with van der Waals surface area (Å²) in [5.41, 5.74) is 2.32. The van der Waals surface area contributed by atoms with Crippen molar-refractivity contribution in [2.45, 2.75) is 33.6 Å². The summed E-state index contributed by atoms with van der Waals surface area (Å²) in [6.07, 6.45) is 6.29. The van der Waals surface area contributed by atoms with Crippen molar-refractivity contribution in [2.24, 2.45) is 0 Å². The van der Waals surface area contributed by atoms with E-state index >= 15 is 0 Å². The Bertz CT molecular complexity index is 299. The molecule has 0 saturated carbocycles. The van der Waals surface area contributed by atoms with Gasteiger partial charge in [0.05, 0.1) is 23.8 Å². The lowest BCUT2D eigenvalue weighted by molar-refractivity contribution is 0.731. The summed E-state index contributed by atoms with van der Waals surface area (Å²) >= 11 is 0. The molecule has 1 heterocycles. The fourth-order valence-electron chi connectivity index (χ4n) is 1.72. The van der Waals surface area contributed by atoms with Crippen LogP contribution in [0.3, 0.4) is 0 Å². The molecule has 0 spiro atoms. The zero-order valence-corrected chi connectivity index (χ0v) is 10.7. The van der Waals surface area contributed by atoms with Crippen molar-refractivity contribution < 1.29 is 0 Å². The number of nitrogens with zero attached hydrogens (tertiary/aromatic N) is 2. The molecule has 0 aliphatic carbocycles. The maximum Gasteiger partial charge on any atom is 0.0573 e. The van der Waals surface area contributed by atoms with Gasteiger partial charge in [-0.25, -0.2) is 0 Å². The van der Waals surface area contributed by atoms with Gasteiger partial charge in [-0.3, -0.25) is 4.98 Å². The highest BCUT2D eigenvalue weighted by Crippen LogP contribution is 2.17. The highest BCUT2D eigenvalue weighted by atomic mass is 15.1. The van der Waals surface area contributed by atoms with Crippen molar-refractivity contribution in [1.29, 1.82) is 0 Å². The molecule has 1 aromatic rings. The van der Waals surface area contributed by atoms with Crippen LogP contribution in [0.1, 0.15) is 33.6 Å². The molecule has 1 aromatic heterocycles. The predicted octanol–water partition coefficient (Wildman–Crippen LogP) is 3.14. The highest BCUT2D eigenvalue weighted by Gasteiger charge is 2.04. The summed E-state index contributed by atoms with van der Waals surface area (Å²) in [5, 5.41) is 3.29. The van der Waals surface area contributed by atoms with E-state index in [1.165, 1.54) is 18.5 Å². The molecule has 0 bridgehead atoms. The van der Waals surface area contributed by atoms with Crippen LogP contribution in [0.25, 0.3) is 0 Å². The number of hydrogen-bond donors (Lipinski definition) is 1. The summed E-state index contributed by atoms with van der Waals surface area (Å²) in [5.74, 6) is 0. The molecule has 0 aliphatic heterocycles. The fraction of sp³-hybridized carbons (Fsp3) is 0.615. The minimum Gasteiger partial charge on any atom is -0.384 e. The Kier molecular flexibility index (Phi) is 5.68. The van der Waals surface area contributed by atoms with Crippen LogP contribution in [0, 0.1) is 0 Å². The quantitative estimate of drug-likeness (QED) is 0.766. The van der Waals surface area contributed by atoms with E-state index in [1.54, 1.807) is 0 Å². The summed E-state index contributed by atoms with van der Waals surface area (Å²) in [6.45, 7) is 9.60. The van der Waals surface area contributed by atoms with E-state index in [2.05, 4.69) is 42.0 Å². The normalized spacial score (nSPS) is 10.2. The van der Waals surface area contributed by atoms with Gasteiger partial charge >= 0.3 is 0 Å². The largest absolute Gasteiger partial charge is 0.384 e. The molecule has 3 heteroatoms. The molecule has 0 atom stereocenters. The average Bonchev–Trinajstić information content (AvgIpc) is 2.31. The second-order valence-electron chi connectivity index (χ2n) is 3.90. The summed E-state index contributed by atoms with van der Waals surface area (Å²) in [7, 11) is 0. The van der Waals surface area contributed by atoms with Crippen LogP contribution in [0.15, 0.2) is 18.5 Å². The van der Waals surface area contributed by atoms with Gasteiger partial charge < -0.3 is 10.2 Å². The van der Waals surface area contributed by atoms with Gasteiger partial charge in [0.1, 0.15) is 0 Å². The van der Waals surface area contributed by atoms with E-state index in [0.29, 0.717) is 0 Å². The monoisotopic (exact) mass is 221 g/mol. The van der Waals surface area contributed by atoms with Crippen LogP contribution in [0.4, 0.5) is 11.4 Å². The van der Waals surface area contributed by atoms with Crippen LogP contribution in [0.5, 0.6) is 0 Å². The smallest absolute Gasteiger partial charge is 0.0573 e. The van der Waals surface area contributed by atoms with E-state index < -0.39 is 0 Å². The Hall–Kier alpha value is -1.25. The zero-order valence-electron chi connectivity index (χ0n) is 10.7. The minimum absolute atomic E-state index is 0.937. The molecule has 3 nitrogen and oxygen atoms in total. The van der Waals surface area contributed by atoms with Crippen molar-refractivity contribution in [3.8, 4) is 0 Å². The van der Waals surface area contributed by atoms with E-state index in [0.717, 1.165) is 25.3 Å². The third-order valence-electron chi connectivity index (χ3n) is 2.63. The van der Waals surface area contributed by atoms with Crippen LogP contribution in [0.2, 0.25) is 0 Å². The average molecular weight is 221 g/mol. The SMILES string of the molecule is CCCCN(CC)c1cncc(NCC)c1. The molecular weight excluding hydrogens is 198 g/mol. The Balaban J connectivity index is 2.71. The predicted molar refractivity (Wildman–Crippen MR) is 71.2 cm³/mol. The molecule has 90 valence electrons. The highest BCUT2D eigenvalue weighted by molar-refractivity contribution is 5.55. The Morgan fingerprint density at radius 3 is 2.69 bits per heavy atom. The minimum atomic E-state index is 0.937. The van der Waals surface area contributed by atoms with Gasteiger partial charge in [0, 0.05) is 19.6 Å². The van der Waals surface area contributed by atoms with E-state index in [9.17, 15) is 0 Å². The van der Waals surface area contributed by atoms with E-state index in [1.807, 2.05) is 12.4 Å². The van der Waals surface area contributed by atoms with Crippen molar-refractivity contribution in [1.82, 2.24) is 4.98 Å². The van der Waals surface area contributed by atoms with Crippen LogP contribution >= 0.6 is 0 Å². The Labute approximate surface area is 98.9 Å². The third-order valence-corrected chi connectivity index (χ3v) is 2.63. The molecule has 0 amide bonds. The second kappa shape index (κ2) is 7.09. The number of hydrogen-bond acceptors (Lipinski definition) is 3. The van der Waals surface area contributed by atoms with Gasteiger partial charge in [0.15, 0.2) is 0 Å². The van der Waals surface area contributed by atoms with E-state index in [4.69, 9.17) is 0 Å². The molecule has 16 heavy (non-hydrogen) atoms. The molecule has 0 fully saturated rings. The standard InChI is InChI=1S/C13H23N3/c1-4-7-8-16(6-3)13-9-12(15-5-2)10-14-11-13/h9-11,15H,4-8H2,1-3H3. The number of pyridine rings is 1. The Morgan fingerprint density at radius 2 is 2.06 bits per heavy atom. The molecule has 0 aliphatic rings. The van der Waals surface area contributed by atoms with Gasteiger partial charge in [-0.05, 0) is 26.3 Å². The van der Waals surface area contributed by atoms with Crippen molar-refractivity contribution in [2.75, 3.05) is 29.9 Å². The van der Waals surface area contributed by atoms with E-state index in [-0.39, 0.29) is 0 Å². The lowest BCUT2D eigenvalue weighted by atomic mass is 10.2. The van der Waals surface area contributed by atoms with Gasteiger partial charge in [-0.2, -0.15) is 0 Å². The zero-order chi connectivity index (χ0) is 11.8. The third kappa shape index (κ3) is 3.72. The van der Waals surface area contributed by atoms with Gasteiger partial charge in [0.25, 0.3) is 0 Å². The number of nitrogens with one attached hydrogen (secondary N) is 1. The van der Waals surface area contributed by atoms with Gasteiger partial charge in [0.2, 0.25) is 0 Å².